The second-order valence-corrected chi connectivity index (χ2v) is 4.42. The van der Waals surface area contributed by atoms with Crippen LogP contribution in [0.1, 0.15) is 5.56 Å². The number of nitrogens with zero attached hydrogens (tertiary/aromatic N) is 2. The van der Waals surface area contributed by atoms with Crippen LogP contribution in [-0.4, -0.2) is 21.1 Å². The minimum absolute atomic E-state index is 0.0402. The maximum atomic E-state index is 11.2. The van der Waals surface area contributed by atoms with Gasteiger partial charge in [-0.25, -0.2) is 4.79 Å². The minimum Gasteiger partial charge on any atom is -0.306 e. The van der Waals surface area contributed by atoms with Gasteiger partial charge in [0.2, 0.25) is 0 Å². The van der Waals surface area contributed by atoms with E-state index in [0.29, 0.717) is 16.7 Å². The molecule has 7 nitrogen and oxygen atoms in total. The molecule has 0 aliphatic rings. The third kappa shape index (κ3) is 2.71. The molecule has 0 radical (unpaired) electrons. The van der Waals surface area contributed by atoms with Gasteiger partial charge >= 0.3 is 5.69 Å². The molecule has 1 heterocycles. The summed E-state index contributed by atoms with van der Waals surface area (Å²) in [5.74, 6) is 0. The summed E-state index contributed by atoms with van der Waals surface area (Å²) >= 11 is 0. The number of aromatic nitrogens is 2. The predicted octanol–water partition coefficient (Wildman–Crippen LogP) is 2.51. The van der Waals surface area contributed by atoms with Crippen molar-refractivity contribution >= 4 is 28.6 Å². The van der Waals surface area contributed by atoms with Crippen LogP contribution in [0, 0.1) is 10.1 Å². The van der Waals surface area contributed by atoms with E-state index in [-0.39, 0.29) is 11.4 Å². The van der Waals surface area contributed by atoms with Crippen molar-refractivity contribution in [1.82, 2.24) is 9.97 Å². The zero-order valence-corrected chi connectivity index (χ0v) is 10.7. The molecule has 0 saturated carbocycles. The molecular formula is C14H10N4O3. The lowest BCUT2D eigenvalue weighted by Crippen LogP contribution is -1.99. The maximum Gasteiger partial charge on any atom is 0.323 e. The second-order valence-electron chi connectivity index (χ2n) is 4.42. The molecule has 104 valence electrons. The number of non-ortho nitro benzene ring substituents is 1. The van der Waals surface area contributed by atoms with Gasteiger partial charge in [0, 0.05) is 18.3 Å². The first-order valence-electron chi connectivity index (χ1n) is 6.12. The average Bonchev–Trinajstić information content (AvgIpc) is 2.84. The number of nitro benzene ring substituents is 1. The number of aliphatic imine (C=N–C) groups is 1. The third-order valence-electron chi connectivity index (χ3n) is 2.97. The van der Waals surface area contributed by atoms with E-state index in [2.05, 4.69) is 15.0 Å². The summed E-state index contributed by atoms with van der Waals surface area (Å²) in [6.45, 7) is 0. The molecule has 0 saturated heterocycles. The van der Waals surface area contributed by atoms with Crippen LogP contribution in [0.15, 0.2) is 52.3 Å². The third-order valence-corrected chi connectivity index (χ3v) is 2.97. The van der Waals surface area contributed by atoms with Gasteiger partial charge in [-0.15, -0.1) is 0 Å². The Morgan fingerprint density at radius 3 is 2.48 bits per heavy atom. The fourth-order valence-electron chi connectivity index (χ4n) is 1.93. The monoisotopic (exact) mass is 282 g/mol. The first-order valence-corrected chi connectivity index (χ1v) is 6.12. The Morgan fingerprint density at radius 1 is 1.05 bits per heavy atom. The van der Waals surface area contributed by atoms with E-state index in [1.165, 1.54) is 12.1 Å². The first-order chi connectivity index (χ1) is 10.1. The predicted molar refractivity (Wildman–Crippen MR) is 79.3 cm³/mol. The van der Waals surface area contributed by atoms with Crippen molar-refractivity contribution in [2.75, 3.05) is 0 Å². The van der Waals surface area contributed by atoms with Crippen molar-refractivity contribution in [1.29, 1.82) is 0 Å². The van der Waals surface area contributed by atoms with Gasteiger partial charge in [-0.3, -0.25) is 15.1 Å². The summed E-state index contributed by atoms with van der Waals surface area (Å²) in [6.07, 6.45) is 1.61. The molecule has 2 N–H and O–H groups in total. The first kappa shape index (κ1) is 12.8. The van der Waals surface area contributed by atoms with Crippen LogP contribution < -0.4 is 5.69 Å². The number of H-pyrrole nitrogens is 2. The lowest BCUT2D eigenvalue weighted by atomic mass is 10.2. The summed E-state index contributed by atoms with van der Waals surface area (Å²) in [6, 6.07) is 11.4. The van der Waals surface area contributed by atoms with Crippen LogP contribution in [0.5, 0.6) is 0 Å². The van der Waals surface area contributed by atoms with E-state index < -0.39 is 4.92 Å². The molecular weight excluding hydrogens is 272 g/mol. The molecule has 0 atom stereocenters. The standard InChI is InChI=1S/C14H10N4O3/c19-14-16-12-6-3-10(7-13(12)17-14)15-8-9-1-4-11(5-2-9)18(20)21/h1-8H,(H2,16,17,19). The van der Waals surface area contributed by atoms with Gasteiger partial charge in [0.15, 0.2) is 0 Å². The topological polar surface area (TPSA) is 104 Å². The molecule has 21 heavy (non-hydrogen) atoms. The molecule has 3 rings (SSSR count). The normalized spacial score (nSPS) is 11.2. The number of hydrogen-bond donors (Lipinski definition) is 2. The van der Waals surface area contributed by atoms with Gasteiger partial charge in [-0.1, -0.05) is 0 Å². The second kappa shape index (κ2) is 5.04. The molecule has 0 aliphatic carbocycles. The number of nitrogens with one attached hydrogen (secondary N) is 2. The summed E-state index contributed by atoms with van der Waals surface area (Å²) in [5, 5.41) is 10.6. The maximum absolute atomic E-state index is 11.2. The molecule has 2 aromatic carbocycles. The van der Waals surface area contributed by atoms with Crippen LogP contribution in [0.2, 0.25) is 0 Å². The number of hydrogen-bond acceptors (Lipinski definition) is 4. The number of rotatable bonds is 3. The van der Waals surface area contributed by atoms with Crippen molar-refractivity contribution in [3.05, 3.63) is 68.6 Å². The summed E-state index contributed by atoms with van der Waals surface area (Å²) < 4.78 is 0. The highest BCUT2D eigenvalue weighted by Crippen LogP contribution is 2.18. The summed E-state index contributed by atoms with van der Waals surface area (Å²) in [5.41, 5.74) is 2.60. The van der Waals surface area contributed by atoms with Crippen molar-refractivity contribution in [2.24, 2.45) is 4.99 Å². The number of imidazole rings is 1. The highest BCUT2D eigenvalue weighted by atomic mass is 16.6. The fraction of sp³-hybridized carbons (Fsp3) is 0. The molecule has 0 fully saturated rings. The van der Waals surface area contributed by atoms with Gasteiger partial charge in [-0.2, -0.15) is 0 Å². The molecule has 0 spiro atoms. The van der Waals surface area contributed by atoms with Gasteiger partial charge in [-0.05, 0) is 35.9 Å². The highest BCUT2D eigenvalue weighted by molar-refractivity contribution is 5.84. The zero-order valence-electron chi connectivity index (χ0n) is 10.7. The van der Waals surface area contributed by atoms with Gasteiger partial charge in [0.1, 0.15) is 0 Å². The van der Waals surface area contributed by atoms with Crippen LogP contribution in [0.3, 0.4) is 0 Å². The summed E-state index contributed by atoms with van der Waals surface area (Å²) in [7, 11) is 0. The Kier molecular flexibility index (Phi) is 3.07. The van der Waals surface area contributed by atoms with Crippen LogP contribution in [0.4, 0.5) is 11.4 Å². The van der Waals surface area contributed by atoms with Gasteiger partial charge < -0.3 is 9.97 Å². The molecule has 0 aliphatic heterocycles. The van der Waals surface area contributed by atoms with E-state index in [9.17, 15) is 14.9 Å². The Hall–Kier alpha value is -3.22. The van der Waals surface area contributed by atoms with Crippen LogP contribution >= 0.6 is 0 Å². The largest absolute Gasteiger partial charge is 0.323 e. The Balaban J connectivity index is 1.86. The van der Waals surface area contributed by atoms with Crippen LogP contribution in [0.25, 0.3) is 11.0 Å². The van der Waals surface area contributed by atoms with Gasteiger partial charge in [0.05, 0.1) is 21.6 Å². The highest BCUT2D eigenvalue weighted by Gasteiger charge is 2.02. The summed E-state index contributed by atoms with van der Waals surface area (Å²) in [4.78, 5) is 30.9. The number of aromatic amines is 2. The van der Waals surface area contributed by atoms with Crippen molar-refractivity contribution < 1.29 is 4.92 Å². The van der Waals surface area contributed by atoms with Crippen LogP contribution in [-0.2, 0) is 0 Å². The van der Waals surface area contributed by atoms with E-state index in [0.717, 1.165) is 5.56 Å². The number of fused-ring (bicyclic) bond motifs is 1. The van der Waals surface area contributed by atoms with Crippen molar-refractivity contribution in [3.63, 3.8) is 0 Å². The average molecular weight is 282 g/mol. The van der Waals surface area contributed by atoms with E-state index in [4.69, 9.17) is 0 Å². The lowest BCUT2D eigenvalue weighted by molar-refractivity contribution is -0.384. The van der Waals surface area contributed by atoms with Crippen molar-refractivity contribution in [2.45, 2.75) is 0 Å². The fourth-order valence-corrected chi connectivity index (χ4v) is 1.93. The molecule has 0 amide bonds. The quantitative estimate of drug-likeness (QED) is 0.438. The SMILES string of the molecule is O=c1[nH]c2ccc(N=Cc3ccc([N+](=O)[O-])cc3)cc2[nH]1. The minimum atomic E-state index is -0.447. The van der Waals surface area contributed by atoms with E-state index >= 15 is 0 Å². The molecule has 0 unspecified atom stereocenters. The number of nitro groups is 1. The molecule has 3 aromatic rings. The Morgan fingerprint density at radius 2 is 1.76 bits per heavy atom. The van der Waals surface area contributed by atoms with Crippen molar-refractivity contribution in [3.8, 4) is 0 Å². The van der Waals surface area contributed by atoms with E-state index in [1.807, 2.05) is 0 Å². The lowest BCUT2D eigenvalue weighted by Gasteiger charge is -1.95. The van der Waals surface area contributed by atoms with E-state index in [1.54, 1.807) is 36.5 Å². The number of benzene rings is 2. The molecule has 7 heteroatoms. The molecule has 0 bridgehead atoms. The van der Waals surface area contributed by atoms with Gasteiger partial charge in [0.25, 0.3) is 5.69 Å². The Bertz CT molecular complexity index is 890. The molecule has 1 aromatic heterocycles. The smallest absolute Gasteiger partial charge is 0.306 e. The Labute approximate surface area is 118 Å². The zero-order chi connectivity index (χ0) is 14.8.